The Labute approximate surface area is 115 Å². The zero-order valence-corrected chi connectivity index (χ0v) is 11.1. The molecule has 3 rings (SSSR count). The maximum absolute atomic E-state index is 11.7. The summed E-state index contributed by atoms with van der Waals surface area (Å²) in [4.78, 5) is 31.5. The first kappa shape index (κ1) is 12.4. The maximum Gasteiger partial charge on any atom is 0.354 e. The Morgan fingerprint density at radius 1 is 1.45 bits per heavy atom. The van der Waals surface area contributed by atoms with E-state index >= 15 is 0 Å². The van der Waals surface area contributed by atoms with Crippen LogP contribution in [0.25, 0.3) is 11.3 Å². The molecule has 6 heteroatoms. The Kier molecular flexibility index (Phi) is 2.60. The number of aromatic nitrogens is 2. The first-order chi connectivity index (χ1) is 9.47. The summed E-state index contributed by atoms with van der Waals surface area (Å²) in [5, 5.41) is 9.18. The third kappa shape index (κ3) is 1.77. The van der Waals surface area contributed by atoms with Gasteiger partial charge in [0.05, 0.1) is 6.42 Å². The van der Waals surface area contributed by atoms with Gasteiger partial charge >= 0.3 is 5.97 Å². The number of aromatic amines is 1. The van der Waals surface area contributed by atoms with Crippen molar-refractivity contribution in [1.82, 2.24) is 9.97 Å². The molecular formula is C14H13N3O3. The highest BCUT2D eigenvalue weighted by molar-refractivity contribution is 6.02. The Morgan fingerprint density at radius 3 is 2.90 bits per heavy atom. The van der Waals surface area contributed by atoms with Crippen molar-refractivity contribution in [3.8, 4) is 11.3 Å². The summed E-state index contributed by atoms with van der Waals surface area (Å²) < 4.78 is 0. The van der Waals surface area contributed by atoms with Crippen molar-refractivity contribution < 1.29 is 14.7 Å². The van der Waals surface area contributed by atoms with Gasteiger partial charge in [-0.25, -0.2) is 9.78 Å². The summed E-state index contributed by atoms with van der Waals surface area (Å²) in [5.74, 6) is -0.464. The lowest BCUT2D eigenvalue weighted by Crippen LogP contribution is -2.20. The lowest BCUT2D eigenvalue weighted by atomic mass is 10.0. The third-order valence-electron chi connectivity index (χ3n) is 3.47. The molecule has 1 aromatic heterocycles. The normalized spacial score (nSPS) is 13.7. The minimum Gasteiger partial charge on any atom is -0.477 e. The third-order valence-corrected chi connectivity index (χ3v) is 3.47. The van der Waals surface area contributed by atoms with Gasteiger partial charge in [-0.15, -0.1) is 0 Å². The Hall–Kier alpha value is -2.63. The number of H-pyrrole nitrogens is 1. The van der Waals surface area contributed by atoms with Gasteiger partial charge in [-0.2, -0.15) is 0 Å². The van der Waals surface area contributed by atoms with Gasteiger partial charge in [-0.1, -0.05) is 6.07 Å². The van der Waals surface area contributed by atoms with Crippen molar-refractivity contribution in [3.63, 3.8) is 0 Å². The second-order valence-electron chi connectivity index (χ2n) is 4.82. The van der Waals surface area contributed by atoms with Crippen LogP contribution in [0.3, 0.4) is 0 Å². The number of hydrogen-bond donors (Lipinski definition) is 2. The number of carbonyl (C=O) groups excluding carboxylic acids is 1. The molecule has 0 unspecified atom stereocenters. The van der Waals surface area contributed by atoms with Gasteiger partial charge in [0.15, 0.2) is 5.69 Å². The smallest absolute Gasteiger partial charge is 0.354 e. The molecule has 20 heavy (non-hydrogen) atoms. The van der Waals surface area contributed by atoms with Gasteiger partial charge < -0.3 is 15.0 Å². The monoisotopic (exact) mass is 271 g/mol. The fourth-order valence-corrected chi connectivity index (χ4v) is 2.47. The van der Waals surface area contributed by atoms with Crippen LogP contribution in [0.4, 0.5) is 5.69 Å². The highest BCUT2D eigenvalue weighted by Crippen LogP contribution is 2.32. The van der Waals surface area contributed by atoms with E-state index in [9.17, 15) is 14.7 Å². The number of aryl methyl sites for hydroxylation is 1. The molecule has 1 aliphatic heterocycles. The van der Waals surface area contributed by atoms with E-state index in [-0.39, 0.29) is 11.6 Å². The van der Waals surface area contributed by atoms with Crippen molar-refractivity contribution in [2.75, 3.05) is 11.9 Å². The van der Waals surface area contributed by atoms with Crippen molar-refractivity contribution >= 4 is 17.6 Å². The van der Waals surface area contributed by atoms with Gasteiger partial charge in [-0.05, 0) is 24.6 Å². The first-order valence-electron chi connectivity index (χ1n) is 6.17. The number of nitrogens with one attached hydrogen (secondary N) is 1. The summed E-state index contributed by atoms with van der Waals surface area (Å²) in [7, 11) is 1.73. The van der Waals surface area contributed by atoms with Crippen LogP contribution < -0.4 is 4.90 Å². The second kappa shape index (κ2) is 4.19. The molecule has 0 atom stereocenters. The lowest BCUT2D eigenvalue weighted by Gasteiger charge is -2.10. The van der Waals surface area contributed by atoms with Crippen LogP contribution in [-0.4, -0.2) is 34.0 Å². The number of carboxylic acid groups (broad SMARTS) is 1. The molecule has 0 aliphatic carbocycles. The number of carboxylic acids is 1. The van der Waals surface area contributed by atoms with Gasteiger partial charge in [-0.3, -0.25) is 4.79 Å². The standard InChI is InChI=1S/C14H13N3O3/c1-7-15-12(13(16-7)14(19)20)8-3-4-10-9(5-8)6-11(18)17(10)2/h3-5H,6H2,1-2H3,(H,15,16)(H,19,20). The van der Waals surface area contributed by atoms with Crippen LogP contribution in [0.15, 0.2) is 18.2 Å². The molecule has 102 valence electrons. The number of fused-ring (bicyclic) bond motifs is 1. The average Bonchev–Trinajstić information content (AvgIpc) is 2.91. The largest absolute Gasteiger partial charge is 0.477 e. The zero-order chi connectivity index (χ0) is 14.4. The first-order valence-corrected chi connectivity index (χ1v) is 6.17. The quantitative estimate of drug-likeness (QED) is 0.868. The highest BCUT2D eigenvalue weighted by atomic mass is 16.4. The number of amides is 1. The fraction of sp³-hybridized carbons (Fsp3) is 0.214. The van der Waals surface area contributed by atoms with Crippen molar-refractivity contribution in [2.45, 2.75) is 13.3 Å². The van der Waals surface area contributed by atoms with Gasteiger partial charge in [0.2, 0.25) is 5.91 Å². The Morgan fingerprint density at radius 2 is 2.20 bits per heavy atom. The predicted octanol–water partition coefficient (Wildman–Crippen LogP) is 1.60. The minimum atomic E-state index is -1.05. The number of carbonyl (C=O) groups is 2. The molecule has 2 heterocycles. The van der Waals surface area contributed by atoms with E-state index in [2.05, 4.69) is 9.97 Å². The summed E-state index contributed by atoms with van der Waals surface area (Å²) in [5.41, 5.74) is 2.93. The number of anilines is 1. The second-order valence-corrected chi connectivity index (χ2v) is 4.82. The summed E-state index contributed by atoms with van der Waals surface area (Å²) in [6.45, 7) is 1.71. The molecule has 6 nitrogen and oxygen atoms in total. The molecule has 0 fully saturated rings. The number of likely N-dealkylation sites (N-methyl/N-ethyl adjacent to an activating group) is 1. The number of rotatable bonds is 2. The number of hydrogen-bond acceptors (Lipinski definition) is 3. The number of imidazole rings is 1. The van der Waals surface area contributed by atoms with E-state index in [1.165, 1.54) is 0 Å². The lowest BCUT2D eigenvalue weighted by molar-refractivity contribution is -0.117. The molecule has 1 amide bonds. The van der Waals surface area contributed by atoms with E-state index in [0.717, 1.165) is 11.3 Å². The number of benzene rings is 1. The number of nitrogens with zero attached hydrogens (tertiary/aromatic N) is 2. The van der Waals surface area contributed by atoms with Crippen molar-refractivity contribution in [3.05, 3.63) is 35.3 Å². The topological polar surface area (TPSA) is 86.3 Å². The Bertz CT molecular complexity index is 733. The molecule has 0 saturated heterocycles. The van der Waals surface area contributed by atoms with E-state index in [1.54, 1.807) is 24.9 Å². The van der Waals surface area contributed by atoms with E-state index in [4.69, 9.17) is 0 Å². The van der Waals surface area contributed by atoms with Crippen LogP contribution in [0.1, 0.15) is 21.9 Å². The van der Waals surface area contributed by atoms with Crippen LogP contribution in [0, 0.1) is 6.92 Å². The van der Waals surface area contributed by atoms with E-state index in [1.807, 2.05) is 12.1 Å². The zero-order valence-electron chi connectivity index (χ0n) is 11.1. The van der Waals surface area contributed by atoms with Gasteiger partial charge in [0.1, 0.15) is 11.5 Å². The summed E-state index contributed by atoms with van der Waals surface area (Å²) >= 11 is 0. The minimum absolute atomic E-state index is 0.0359. The predicted molar refractivity (Wildman–Crippen MR) is 72.8 cm³/mol. The molecule has 1 aliphatic rings. The highest BCUT2D eigenvalue weighted by Gasteiger charge is 2.25. The van der Waals surface area contributed by atoms with Crippen molar-refractivity contribution in [1.29, 1.82) is 0 Å². The maximum atomic E-state index is 11.7. The molecule has 0 bridgehead atoms. The van der Waals surface area contributed by atoms with Crippen LogP contribution in [0.5, 0.6) is 0 Å². The summed E-state index contributed by atoms with van der Waals surface area (Å²) in [6.07, 6.45) is 0.339. The van der Waals surface area contributed by atoms with Crippen molar-refractivity contribution in [2.24, 2.45) is 0 Å². The van der Waals surface area contributed by atoms with E-state index < -0.39 is 5.97 Å². The SMILES string of the molecule is Cc1nc(-c2ccc3c(c2)CC(=O)N3C)c(C(=O)O)[nH]1. The molecule has 2 aromatic rings. The van der Waals surface area contributed by atoms with Crippen LogP contribution in [-0.2, 0) is 11.2 Å². The summed E-state index contributed by atoms with van der Waals surface area (Å²) in [6, 6.07) is 5.44. The van der Waals surface area contributed by atoms with Gasteiger partial charge in [0.25, 0.3) is 0 Å². The molecule has 2 N–H and O–H groups in total. The van der Waals surface area contributed by atoms with Gasteiger partial charge in [0, 0.05) is 18.3 Å². The van der Waals surface area contributed by atoms with Crippen LogP contribution >= 0.6 is 0 Å². The molecule has 0 radical (unpaired) electrons. The number of aromatic carboxylic acids is 1. The molecule has 0 spiro atoms. The fourth-order valence-electron chi connectivity index (χ4n) is 2.47. The average molecular weight is 271 g/mol. The van der Waals surface area contributed by atoms with Crippen LogP contribution in [0.2, 0.25) is 0 Å². The van der Waals surface area contributed by atoms with E-state index in [0.29, 0.717) is 23.5 Å². The molecule has 1 aromatic carbocycles. The molecular weight excluding hydrogens is 258 g/mol. The Balaban J connectivity index is 2.12. The molecule has 0 saturated carbocycles.